The molecule has 0 heterocycles. The maximum atomic E-state index is 13.3. The van der Waals surface area contributed by atoms with E-state index in [1.807, 2.05) is 20.8 Å². The summed E-state index contributed by atoms with van der Waals surface area (Å²) in [7, 11) is -3.90. The molecular formula is C21H27BrN2O4S. The van der Waals surface area contributed by atoms with Crippen molar-refractivity contribution in [3.05, 3.63) is 58.6 Å². The van der Waals surface area contributed by atoms with E-state index >= 15 is 0 Å². The number of nitrogens with zero attached hydrogens (tertiary/aromatic N) is 1. The number of carbonyl (C=O) groups is 1. The summed E-state index contributed by atoms with van der Waals surface area (Å²) in [5, 5.41) is 2.77. The molecule has 8 heteroatoms. The van der Waals surface area contributed by atoms with Gasteiger partial charge in [0.15, 0.2) is 0 Å². The van der Waals surface area contributed by atoms with Gasteiger partial charge in [0, 0.05) is 17.6 Å². The Labute approximate surface area is 181 Å². The molecule has 0 aromatic heterocycles. The monoisotopic (exact) mass is 482 g/mol. The van der Waals surface area contributed by atoms with Gasteiger partial charge in [-0.15, -0.1) is 0 Å². The van der Waals surface area contributed by atoms with Gasteiger partial charge in [-0.05, 0) is 57.5 Å². The number of ether oxygens (including phenoxy) is 1. The number of hydrogen-bond acceptors (Lipinski definition) is 4. The first kappa shape index (κ1) is 23.4. The Balaban J connectivity index is 2.18. The number of sulfonamides is 1. The fraction of sp³-hybridized carbons (Fsp3) is 0.381. The highest BCUT2D eigenvalue weighted by Crippen LogP contribution is 2.26. The molecule has 0 aliphatic heterocycles. The van der Waals surface area contributed by atoms with Crippen LogP contribution in [0.2, 0.25) is 0 Å². The van der Waals surface area contributed by atoms with Gasteiger partial charge in [0.05, 0.1) is 16.7 Å². The van der Waals surface area contributed by atoms with Crippen LogP contribution < -0.4 is 9.62 Å². The molecule has 158 valence electrons. The first-order chi connectivity index (χ1) is 13.7. The summed E-state index contributed by atoms with van der Waals surface area (Å²) < 4.78 is 33.8. The van der Waals surface area contributed by atoms with Gasteiger partial charge in [-0.3, -0.25) is 9.10 Å². The number of anilines is 1. The van der Waals surface area contributed by atoms with Crippen LogP contribution in [0.15, 0.2) is 57.9 Å². The van der Waals surface area contributed by atoms with Crippen molar-refractivity contribution in [2.75, 3.05) is 24.0 Å². The molecule has 0 radical (unpaired) electrons. The van der Waals surface area contributed by atoms with Gasteiger partial charge in [-0.25, -0.2) is 8.42 Å². The van der Waals surface area contributed by atoms with E-state index in [9.17, 15) is 13.2 Å². The third-order valence-electron chi connectivity index (χ3n) is 4.09. The van der Waals surface area contributed by atoms with E-state index in [-0.39, 0.29) is 23.5 Å². The highest BCUT2D eigenvalue weighted by molar-refractivity contribution is 9.10. The lowest BCUT2D eigenvalue weighted by Gasteiger charge is -2.24. The third kappa shape index (κ3) is 7.13. The lowest BCUT2D eigenvalue weighted by molar-refractivity contribution is -0.119. The predicted octanol–water partition coefficient (Wildman–Crippen LogP) is 3.88. The molecule has 1 N–H and O–H groups in total. The van der Waals surface area contributed by atoms with Crippen LogP contribution in [0.3, 0.4) is 0 Å². The number of nitrogens with one attached hydrogen (secondary N) is 1. The first-order valence-electron chi connectivity index (χ1n) is 9.43. The molecule has 0 saturated carbocycles. The van der Waals surface area contributed by atoms with Gasteiger partial charge in [-0.1, -0.05) is 39.7 Å². The highest BCUT2D eigenvalue weighted by Gasteiger charge is 2.27. The molecule has 0 aliphatic rings. The average molecular weight is 483 g/mol. The van der Waals surface area contributed by atoms with Gasteiger partial charge < -0.3 is 10.1 Å². The normalized spacial score (nSPS) is 11.5. The Morgan fingerprint density at radius 2 is 1.86 bits per heavy atom. The summed E-state index contributed by atoms with van der Waals surface area (Å²) in [4.78, 5) is 12.6. The molecule has 2 aromatic rings. The van der Waals surface area contributed by atoms with Crippen molar-refractivity contribution in [2.24, 2.45) is 0 Å². The van der Waals surface area contributed by atoms with E-state index in [0.29, 0.717) is 25.3 Å². The summed E-state index contributed by atoms with van der Waals surface area (Å²) >= 11 is 3.36. The maximum Gasteiger partial charge on any atom is 0.264 e. The van der Waals surface area contributed by atoms with Crippen LogP contribution in [0.4, 0.5) is 5.69 Å². The second-order valence-electron chi connectivity index (χ2n) is 6.93. The van der Waals surface area contributed by atoms with Crippen LogP contribution in [0, 0.1) is 6.92 Å². The number of rotatable bonds is 10. The van der Waals surface area contributed by atoms with Crippen LogP contribution >= 0.6 is 15.9 Å². The van der Waals surface area contributed by atoms with Crippen molar-refractivity contribution in [3.8, 4) is 0 Å². The summed E-state index contributed by atoms with van der Waals surface area (Å²) in [5.41, 5.74) is 1.37. The zero-order valence-electron chi connectivity index (χ0n) is 16.9. The highest BCUT2D eigenvalue weighted by atomic mass is 79.9. The van der Waals surface area contributed by atoms with Crippen molar-refractivity contribution in [3.63, 3.8) is 0 Å². The Bertz CT molecular complexity index is 915. The lowest BCUT2D eigenvalue weighted by Crippen LogP contribution is -2.41. The Kier molecular flexibility index (Phi) is 8.67. The van der Waals surface area contributed by atoms with Crippen molar-refractivity contribution in [2.45, 2.75) is 38.2 Å². The quantitative estimate of drug-likeness (QED) is 0.521. The van der Waals surface area contributed by atoms with E-state index in [4.69, 9.17) is 4.74 Å². The van der Waals surface area contributed by atoms with E-state index in [1.165, 1.54) is 0 Å². The number of hydrogen-bond donors (Lipinski definition) is 1. The Hall–Kier alpha value is -1.90. The molecule has 0 saturated heterocycles. The molecule has 2 rings (SSSR count). The molecule has 2 aromatic carbocycles. The van der Waals surface area contributed by atoms with E-state index < -0.39 is 10.0 Å². The van der Waals surface area contributed by atoms with Crippen molar-refractivity contribution in [1.29, 1.82) is 0 Å². The zero-order valence-corrected chi connectivity index (χ0v) is 19.3. The summed E-state index contributed by atoms with van der Waals surface area (Å²) in [6.07, 6.45) is 0.795. The molecule has 0 fully saturated rings. The van der Waals surface area contributed by atoms with Crippen LogP contribution in [-0.4, -0.2) is 40.1 Å². The summed E-state index contributed by atoms with van der Waals surface area (Å²) in [6.45, 7) is 6.43. The minimum atomic E-state index is -3.90. The molecule has 0 aliphatic carbocycles. The molecule has 6 nitrogen and oxygen atoms in total. The molecule has 0 atom stereocenters. The Morgan fingerprint density at radius 3 is 2.48 bits per heavy atom. The number of halogens is 1. The second kappa shape index (κ2) is 10.8. The topological polar surface area (TPSA) is 75.7 Å². The van der Waals surface area contributed by atoms with Gasteiger partial charge in [0.2, 0.25) is 5.91 Å². The zero-order chi connectivity index (χ0) is 21.4. The number of benzene rings is 2. The second-order valence-corrected chi connectivity index (χ2v) is 9.71. The van der Waals surface area contributed by atoms with Crippen LogP contribution in [-0.2, 0) is 19.6 Å². The molecular weight excluding hydrogens is 456 g/mol. The molecule has 0 spiro atoms. The summed E-state index contributed by atoms with van der Waals surface area (Å²) in [5.74, 6) is -0.370. The maximum absolute atomic E-state index is 13.3. The summed E-state index contributed by atoms with van der Waals surface area (Å²) in [6, 6.07) is 13.5. The van der Waals surface area contributed by atoms with Crippen LogP contribution in [0.25, 0.3) is 0 Å². The number of carbonyl (C=O) groups excluding carboxylic acids is 1. The minimum absolute atomic E-state index is 0.136. The minimum Gasteiger partial charge on any atom is -0.379 e. The van der Waals surface area contributed by atoms with Gasteiger partial charge >= 0.3 is 0 Å². The van der Waals surface area contributed by atoms with E-state index in [1.54, 1.807) is 48.5 Å². The van der Waals surface area contributed by atoms with E-state index in [0.717, 1.165) is 14.3 Å². The van der Waals surface area contributed by atoms with Crippen LogP contribution in [0.1, 0.15) is 25.8 Å². The van der Waals surface area contributed by atoms with E-state index in [2.05, 4.69) is 21.2 Å². The lowest BCUT2D eigenvalue weighted by atomic mass is 10.2. The average Bonchev–Trinajstić information content (AvgIpc) is 2.66. The molecule has 0 bridgehead atoms. The predicted molar refractivity (Wildman–Crippen MR) is 119 cm³/mol. The largest absolute Gasteiger partial charge is 0.379 e. The van der Waals surface area contributed by atoms with Gasteiger partial charge in [0.25, 0.3) is 10.0 Å². The molecule has 1 amide bonds. The van der Waals surface area contributed by atoms with Crippen molar-refractivity contribution >= 4 is 37.5 Å². The van der Waals surface area contributed by atoms with Gasteiger partial charge in [0.1, 0.15) is 6.54 Å². The Morgan fingerprint density at radius 1 is 1.17 bits per heavy atom. The SMILES string of the molecule is Cc1ccc(S(=O)(=O)N(CC(=O)NCCCOC(C)C)c2cccc(Br)c2)cc1. The molecule has 0 unspecified atom stereocenters. The van der Waals surface area contributed by atoms with Crippen molar-refractivity contribution in [1.82, 2.24) is 5.32 Å². The standard InChI is InChI=1S/C21H27BrN2O4S/c1-16(2)28-13-5-12-23-21(25)15-24(19-7-4-6-18(22)14-19)29(26,27)20-10-8-17(3)9-11-20/h4,6-11,14,16H,5,12-13,15H2,1-3H3,(H,23,25). The number of amides is 1. The fourth-order valence-electron chi connectivity index (χ4n) is 2.59. The number of aryl methyl sites for hydroxylation is 1. The third-order valence-corrected chi connectivity index (χ3v) is 6.37. The first-order valence-corrected chi connectivity index (χ1v) is 11.7. The van der Waals surface area contributed by atoms with Gasteiger partial charge in [-0.2, -0.15) is 0 Å². The fourth-order valence-corrected chi connectivity index (χ4v) is 4.39. The smallest absolute Gasteiger partial charge is 0.264 e. The molecule has 29 heavy (non-hydrogen) atoms. The van der Waals surface area contributed by atoms with Crippen LogP contribution in [0.5, 0.6) is 0 Å². The van der Waals surface area contributed by atoms with Crippen molar-refractivity contribution < 1.29 is 17.9 Å².